The minimum atomic E-state index is -0.0609. The molecule has 0 fully saturated rings. The molecule has 2 rings (SSSR count). The van der Waals surface area contributed by atoms with Crippen LogP contribution in [-0.2, 0) is 0 Å². The van der Waals surface area contributed by atoms with Crippen LogP contribution in [0, 0.1) is 6.92 Å². The first-order chi connectivity index (χ1) is 8.61. The first-order valence-electron chi connectivity index (χ1n) is 6.02. The van der Waals surface area contributed by atoms with Crippen LogP contribution in [0.1, 0.15) is 35.7 Å². The topological polar surface area (TPSA) is 38.9 Å². The lowest BCUT2D eigenvalue weighted by Gasteiger charge is -2.21. The zero-order valence-electron chi connectivity index (χ0n) is 10.6. The van der Waals surface area contributed by atoms with E-state index in [1.807, 2.05) is 30.5 Å². The number of hydrogen-bond donors (Lipinski definition) is 1. The van der Waals surface area contributed by atoms with Crippen LogP contribution in [0.5, 0.6) is 0 Å². The number of aromatic nitrogens is 1. The Kier molecular flexibility index (Phi) is 4.15. The predicted octanol–water partition coefficient (Wildman–Crippen LogP) is 3.96. The van der Waals surface area contributed by atoms with Crippen molar-refractivity contribution < 1.29 is 0 Å². The van der Waals surface area contributed by atoms with Crippen LogP contribution in [0.15, 0.2) is 47.1 Å². The average Bonchev–Trinajstić information content (AvgIpc) is 2.41. The molecule has 0 aliphatic rings. The summed E-state index contributed by atoms with van der Waals surface area (Å²) in [5.74, 6) is 0.185. The minimum Gasteiger partial charge on any atom is -0.323 e. The van der Waals surface area contributed by atoms with Gasteiger partial charge in [0.25, 0.3) is 0 Å². The monoisotopic (exact) mass is 304 g/mol. The van der Waals surface area contributed by atoms with E-state index in [9.17, 15) is 0 Å². The SMILES string of the molecule is Cc1cccc(C(N)C(C)c2ccccn2)c1Br. The molecular weight excluding hydrogens is 288 g/mol. The van der Waals surface area contributed by atoms with E-state index in [2.05, 4.69) is 46.9 Å². The normalized spacial score (nSPS) is 14.2. The van der Waals surface area contributed by atoms with Crippen molar-refractivity contribution >= 4 is 15.9 Å². The molecule has 2 unspecified atom stereocenters. The highest BCUT2D eigenvalue weighted by Crippen LogP contribution is 2.33. The Labute approximate surface area is 116 Å². The fourth-order valence-electron chi connectivity index (χ4n) is 2.03. The molecule has 94 valence electrons. The Morgan fingerprint density at radius 3 is 2.61 bits per heavy atom. The highest BCUT2D eigenvalue weighted by atomic mass is 79.9. The van der Waals surface area contributed by atoms with Gasteiger partial charge in [-0.15, -0.1) is 0 Å². The standard InChI is InChI=1S/C15H17BrN2/c1-10-6-5-7-12(14(10)16)15(17)11(2)13-8-3-4-9-18-13/h3-9,11,15H,17H2,1-2H3. The molecule has 0 saturated carbocycles. The second-order valence-corrected chi connectivity index (χ2v) is 5.34. The van der Waals surface area contributed by atoms with Gasteiger partial charge < -0.3 is 5.73 Å². The van der Waals surface area contributed by atoms with Crippen LogP contribution in [-0.4, -0.2) is 4.98 Å². The molecule has 0 aliphatic heterocycles. The lowest BCUT2D eigenvalue weighted by atomic mass is 9.91. The molecule has 3 heteroatoms. The van der Waals surface area contributed by atoms with Crippen molar-refractivity contribution in [2.75, 3.05) is 0 Å². The van der Waals surface area contributed by atoms with E-state index >= 15 is 0 Å². The Morgan fingerprint density at radius 2 is 1.94 bits per heavy atom. The third-order valence-corrected chi connectivity index (χ3v) is 4.36. The second kappa shape index (κ2) is 5.63. The van der Waals surface area contributed by atoms with Gasteiger partial charge in [0.2, 0.25) is 0 Å². The molecule has 0 amide bonds. The summed E-state index contributed by atoms with van der Waals surface area (Å²) in [5, 5.41) is 0. The van der Waals surface area contributed by atoms with Crippen molar-refractivity contribution in [1.82, 2.24) is 4.98 Å². The minimum absolute atomic E-state index is 0.0609. The van der Waals surface area contributed by atoms with Crippen molar-refractivity contribution in [2.45, 2.75) is 25.8 Å². The Balaban J connectivity index is 2.31. The Bertz CT molecular complexity index is 525. The smallest absolute Gasteiger partial charge is 0.0450 e. The second-order valence-electron chi connectivity index (χ2n) is 4.55. The van der Waals surface area contributed by atoms with Gasteiger partial charge in [-0.2, -0.15) is 0 Å². The number of aryl methyl sites for hydroxylation is 1. The number of pyridine rings is 1. The molecule has 2 nitrogen and oxygen atoms in total. The van der Waals surface area contributed by atoms with E-state index in [-0.39, 0.29) is 12.0 Å². The van der Waals surface area contributed by atoms with Crippen LogP contribution >= 0.6 is 15.9 Å². The van der Waals surface area contributed by atoms with Gasteiger partial charge >= 0.3 is 0 Å². The van der Waals surface area contributed by atoms with Crippen molar-refractivity contribution in [3.05, 3.63) is 63.9 Å². The van der Waals surface area contributed by atoms with Crippen molar-refractivity contribution in [3.63, 3.8) is 0 Å². The summed E-state index contributed by atoms with van der Waals surface area (Å²) in [7, 11) is 0. The summed E-state index contributed by atoms with van der Waals surface area (Å²) in [4.78, 5) is 4.38. The van der Waals surface area contributed by atoms with E-state index in [0.717, 1.165) is 15.7 Å². The maximum Gasteiger partial charge on any atom is 0.0450 e. The van der Waals surface area contributed by atoms with E-state index < -0.39 is 0 Å². The Hall–Kier alpha value is -1.19. The first-order valence-corrected chi connectivity index (χ1v) is 6.82. The van der Waals surface area contributed by atoms with Gasteiger partial charge in [-0.05, 0) is 30.2 Å². The molecule has 0 aliphatic carbocycles. The summed E-state index contributed by atoms with van der Waals surface area (Å²) in [6.45, 7) is 4.19. The van der Waals surface area contributed by atoms with Gasteiger partial charge in [0, 0.05) is 28.3 Å². The van der Waals surface area contributed by atoms with Crippen LogP contribution in [0.25, 0.3) is 0 Å². The zero-order chi connectivity index (χ0) is 13.1. The highest BCUT2D eigenvalue weighted by Gasteiger charge is 2.20. The third-order valence-electron chi connectivity index (χ3n) is 3.27. The van der Waals surface area contributed by atoms with E-state index in [0.29, 0.717) is 0 Å². The van der Waals surface area contributed by atoms with Crippen LogP contribution in [0.3, 0.4) is 0 Å². The summed E-state index contributed by atoms with van der Waals surface area (Å²) in [5.41, 5.74) is 9.73. The zero-order valence-corrected chi connectivity index (χ0v) is 12.2. The van der Waals surface area contributed by atoms with Crippen molar-refractivity contribution in [1.29, 1.82) is 0 Å². The number of halogens is 1. The number of nitrogens with two attached hydrogens (primary N) is 1. The molecule has 1 aromatic carbocycles. The maximum atomic E-state index is 6.37. The van der Waals surface area contributed by atoms with Gasteiger partial charge in [-0.3, -0.25) is 4.98 Å². The summed E-state index contributed by atoms with van der Waals surface area (Å²) < 4.78 is 1.10. The molecule has 0 bridgehead atoms. The fraction of sp³-hybridized carbons (Fsp3) is 0.267. The van der Waals surface area contributed by atoms with E-state index in [1.165, 1.54) is 5.56 Å². The van der Waals surface area contributed by atoms with Gasteiger partial charge in [-0.25, -0.2) is 0 Å². The predicted molar refractivity (Wildman–Crippen MR) is 78.5 cm³/mol. The fourth-order valence-corrected chi connectivity index (χ4v) is 2.55. The van der Waals surface area contributed by atoms with Gasteiger partial charge in [0.05, 0.1) is 0 Å². The molecule has 2 atom stereocenters. The van der Waals surface area contributed by atoms with Crippen molar-refractivity contribution in [3.8, 4) is 0 Å². The van der Waals surface area contributed by atoms with Crippen molar-refractivity contribution in [2.24, 2.45) is 5.73 Å². The maximum absolute atomic E-state index is 6.37. The summed E-state index contributed by atoms with van der Waals surface area (Å²) in [6, 6.07) is 12.1. The van der Waals surface area contributed by atoms with Crippen LogP contribution in [0.4, 0.5) is 0 Å². The molecule has 18 heavy (non-hydrogen) atoms. The average molecular weight is 305 g/mol. The largest absolute Gasteiger partial charge is 0.323 e. The lowest BCUT2D eigenvalue weighted by Crippen LogP contribution is -2.19. The van der Waals surface area contributed by atoms with Crippen LogP contribution in [0.2, 0.25) is 0 Å². The molecule has 1 heterocycles. The third kappa shape index (κ3) is 2.62. The molecule has 0 spiro atoms. The first kappa shape index (κ1) is 13.2. The van der Waals surface area contributed by atoms with Gasteiger partial charge in [0.15, 0.2) is 0 Å². The molecule has 2 N–H and O–H groups in total. The number of rotatable bonds is 3. The molecule has 0 saturated heterocycles. The van der Waals surface area contributed by atoms with E-state index in [1.54, 1.807) is 0 Å². The highest BCUT2D eigenvalue weighted by molar-refractivity contribution is 9.10. The number of hydrogen-bond acceptors (Lipinski definition) is 2. The summed E-state index contributed by atoms with van der Waals surface area (Å²) in [6.07, 6.45) is 1.81. The molecule has 1 aromatic heterocycles. The molecule has 2 aromatic rings. The Morgan fingerprint density at radius 1 is 1.17 bits per heavy atom. The van der Waals surface area contributed by atoms with E-state index in [4.69, 9.17) is 5.73 Å². The van der Waals surface area contributed by atoms with Crippen LogP contribution < -0.4 is 5.73 Å². The molecule has 0 radical (unpaired) electrons. The molecular formula is C15H17BrN2. The lowest BCUT2D eigenvalue weighted by molar-refractivity contribution is 0.581. The van der Waals surface area contributed by atoms with Gasteiger partial charge in [0.1, 0.15) is 0 Å². The van der Waals surface area contributed by atoms with Gasteiger partial charge in [-0.1, -0.05) is 47.1 Å². The number of benzene rings is 1. The summed E-state index contributed by atoms with van der Waals surface area (Å²) >= 11 is 3.62. The number of nitrogens with zero attached hydrogens (tertiary/aromatic N) is 1. The quantitative estimate of drug-likeness (QED) is 0.932.